The minimum absolute atomic E-state index is 0.0704. The number of hydrogen-bond acceptors (Lipinski definition) is 4. The number of hydrogen-bond donors (Lipinski definition) is 2. The summed E-state index contributed by atoms with van der Waals surface area (Å²) < 4.78 is 1.58. The first kappa shape index (κ1) is 15.5. The average Bonchev–Trinajstić information content (AvgIpc) is 2.99. The van der Waals surface area contributed by atoms with E-state index in [1.165, 1.54) is 6.33 Å². The third kappa shape index (κ3) is 4.27. The van der Waals surface area contributed by atoms with E-state index in [9.17, 15) is 4.79 Å². The summed E-state index contributed by atoms with van der Waals surface area (Å²) in [5, 5.41) is 7.48. The van der Waals surface area contributed by atoms with Crippen LogP contribution in [-0.2, 0) is 4.79 Å². The van der Waals surface area contributed by atoms with Gasteiger partial charge in [0.05, 0.1) is 11.4 Å². The van der Waals surface area contributed by atoms with Crippen molar-refractivity contribution >= 4 is 23.2 Å². The van der Waals surface area contributed by atoms with Gasteiger partial charge < -0.3 is 11.1 Å². The molecule has 1 amide bonds. The van der Waals surface area contributed by atoms with Crippen molar-refractivity contribution in [3.63, 3.8) is 0 Å². The molecule has 0 saturated heterocycles. The number of carbonyl (C=O) groups excluding carboxylic acids is 1. The van der Waals surface area contributed by atoms with Crippen molar-refractivity contribution in [1.82, 2.24) is 14.8 Å². The molecule has 0 fully saturated rings. The molecule has 6 nitrogen and oxygen atoms in total. The third-order valence-electron chi connectivity index (χ3n) is 3.16. The van der Waals surface area contributed by atoms with Crippen LogP contribution < -0.4 is 11.1 Å². The van der Waals surface area contributed by atoms with Crippen LogP contribution in [0.3, 0.4) is 0 Å². The van der Waals surface area contributed by atoms with Crippen molar-refractivity contribution in [2.45, 2.75) is 19.8 Å². The Balaban J connectivity index is 2.12. The van der Waals surface area contributed by atoms with Crippen molar-refractivity contribution in [2.75, 3.05) is 11.9 Å². The number of nitrogens with two attached hydrogens (primary N) is 1. The molecule has 1 unspecified atom stereocenters. The van der Waals surface area contributed by atoms with Gasteiger partial charge in [-0.2, -0.15) is 5.10 Å². The molecule has 0 bridgehead atoms. The molecule has 0 aliphatic carbocycles. The molecule has 0 spiro atoms. The van der Waals surface area contributed by atoms with Gasteiger partial charge in [0.25, 0.3) is 0 Å². The van der Waals surface area contributed by atoms with Gasteiger partial charge in [0, 0.05) is 11.4 Å². The number of carbonyl (C=O) groups is 1. The summed E-state index contributed by atoms with van der Waals surface area (Å²) in [4.78, 5) is 15.9. The molecule has 0 aliphatic heterocycles. The Morgan fingerprint density at radius 1 is 1.52 bits per heavy atom. The fourth-order valence-corrected chi connectivity index (χ4v) is 2.02. The average molecular weight is 308 g/mol. The van der Waals surface area contributed by atoms with Crippen molar-refractivity contribution in [3.05, 3.63) is 35.9 Å². The summed E-state index contributed by atoms with van der Waals surface area (Å²) in [6.07, 6.45) is 4.17. The van der Waals surface area contributed by atoms with Crippen LogP contribution in [0.4, 0.5) is 5.69 Å². The van der Waals surface area contributed by atoms with Gasteiger partial charge in [-0.25, -0.2) is 9.67 Å². The van der Waals surface area contributed by atoms with Crippen LogP contribution in [0.15, 0.2) is 30.9 Å². The van der Waals surface area contributed by atoms with E-state index in [4.69, 9.17) is 17.3 Å². The number of amides is 1. The van der Waals surface area contributed by atoms with Gasteiger partial charge in [-0.05, 0) is 37.1 Å². The second kappa shape index (κ2) is 7.19. The van der Waals surface area contributed by atoms with E-state index in [0.717, 1.165) is 12.1 Å². The molecule has 1 atom stereocenters. The SMILES string of the molecule is CC(CN)CCC(=O)Nc1cc(Cl)ccc1-n1cncn1. The minimum Gasteiger partial charge on any atom is -0.330 e. The summed E-state index contributed by atoms with van der Waals surface area (Å²) in [5.41, 5.74) is 6.88. The van der Waals surface area contributed by atoms with Gasteiger partial charge in [-0.1, -0.05) is 18.5 Å². The zero-order chi connectivity index (χ0) is 15.2. The predicted octanol–water partition coefficient (Wildman–Crippen LogP) is 2.23. The van der Waals surface area contributed by atoms with Crippen LogP contribution in [0, 0.1) is 5.92 Å². The largest absolute Gasteiger partial charge is 0.330 e. The number of halogens is 1. The first-order valence-corrected chi connectivity index (χ1v) is 7.12. The fourth-order valence-electron chi connectivity index (χ4n) is 1.85. The van der Waals surface area contributed by atoms with Gasteiger partial charge in [0.2, 0.25) is 5.91 Å². The molecule has 1 heterocycles. The number of benzene rings is 1. The van der Waals surface area contributed by atoms with E-state index in [1.54, 1.807) is 29.2 Å². The Kier molecular flexibility index (Phi) is 5.30. The van der Waals surface area contributed by atoms with Gasteiger partial charge >= 0.3 is 0 Å². The Morgan fingerprint density at radius 3 is 3.00 bits per heavy atom. The summed E-state index contributed by atoms with van der Waals surface area (Å²) in [5.74, 6) is 0.254. The normalized spacial score (nSPS) is 12.1. The monoisotopic (exact) mass is 307 g/mol. The lowest BCUT2D eigenvalue weighted by molar-refractivity contribution is -0.116. The smallest absolute Gasteiger partial charge is 0.224 e. The first-order valence-electron chi connectivity index (χ1n) is 6.74. The molecule has 1 aromatic heterocycles. The highest BCUT2D eigenvalue weighted by Gasteiger charge is 2.11. The molecular formula is C14H18ClN5O. The van der Waals surface area contributed by atoms with E-state index >= 15 is 0 Å². The van der Waals surface area contributed by atoms with Gasteiger partial charge in [0.15, 0.2) is 0 Å². The number of nitrogens with one attached hydrogen (secondary N) is 1. The van der Waals surface area contributed by atoms with E-state index in [0.29, 0.717) is 29.6 Å². The lowest BCUT2D eigenvalue weighted by Gasteiger charge is -2.12. The predicted molar refractivity (Wildman–Crippen MR) is 82.5 cm³/mol. The third-order valence-corrected chi connectivity index (χ3v) is 3.40. The van der Waals surface area contributed by atoms with Crippen molar-refractivity contribution in [3.8, 4) is 5.69 Å². The maximum Gasteiger partial charge on any atom is 0.224 e. The van der Waals surface area contributed by atoms with E-state index in [1.807, 2.05) is 6.92 Å². The van der Waals surface area contributed by atoms with Crippen LogP contribution in [-0.4, -0.2) is 27.2 Å². The molecule has 112 valence electrons. The summed E-state index contributed by atoms with van der Waals surface area (Å²) >= 11 is 6.00. The molecule has 0 aliphatic rings. The summed E-state index contributed by atoms with van der Waals surface area (Å²) in [6.45, 7) is 2.60. The molecular weight excluding hydrogens is 290 g/mol. The van der Waals surface area contributed by atoms with Crippen LogP contribution in [0.25, 0.3) is 5.69 Å². The highest BCUT2D eigenvalue weighted by molar-refractivity contribution is 6.31. The minimum atomic E-state index is -0.0704. The van der Waals surface area contributed by atoms with Gasteiger partial charge in [-0.15, -0.1) is 0 Å². The maximum absolute atomic E-state index is 12.0. The fraction of sp³-hybridized carbons (Fsp3) is 0.357. The standard InChI is InChI=1S/C14H18ClN5O/c1-10(7-16)2-5-14(21)19-12-6-11(15)3-4-13(12)20-9-17-8-18-20/h3-4,6,8-10H,2,5,7,16H2,1H3,(H,19,21). The lowest BCUT2D eigenvalue weighted by Crippen LogP contribution is -2.17. The molecule has 7 heteroatoms. The van der Waals surface area contributed by atoms with Crippen molar-refractivity contribution in [1.29, 1.82) is 0 Å². The molecule has 0 saturated carbocycles. The first-order chi connectivity index (χ1) is 10.1. The Morgan fingerprint density at radius 2 is 2.33 bits per heavy atom. The van der Waals surface area contributed by atoms with Crippen LogP contribution in [0.2, 0.25) is 5.02 Å². The summed E-state index contributed by atoms with van der Waals surface area (Å²) in [7, 11) is 0. The molecule has 21 heavy (non-hydrogen) atoms. The second-order valence-corrected chi connectivity index (χ2v) is 5.37. The van der Waals surface area contributed by atoms with Gasteiger partial charge in [0.1, 0.15) is 12.7 Å². The number of anilines is 1. The zero-order valence-electron chi connectivity index (χ0n) is 11.8. The Hall–Kier alpha value is -1.92. The highest BCUT2D eigenvalue weighted by atomic mass is 35.5. The lowest BCUT2D eigenvalue weighted by atomic mass is 10.1. The molecule has 2 aromatic rings. The van der Waals surface area contributed by atoms with Crippen molar-refractivity contribution in [2.24, 2.45) is 11.7 Å². The van der Waals surface area contributed by atoms with Crippen LogP contribution in [0.5, 0.6) is 0 Å². The van der Waals surface area contributed by atoms with Gasteiger partial charge in [-0.3, -0.25) is 4.79 Å². The zero-order valence-corrected chi connectivity index (χ0v) is 12.5. The van der Waals surface area contributed by atoms with Crippen LogP contribution in [0.1, 0.15) is 19.8 Å². The second-order valence-electron chi connectivity index (χ2n) is 4.93. The number of rotatable bonds is 6. The van der Waals surface area contributed by atoms with E-state index in [-0.39, 0.29) is 5.91 Å². The van der Waals surface area contributed by atoms with E-state index < -0.39 is 0 Å². The quantitative estimate of drug-likeness (QED) is 0.857. The molecule has 0 radical (unpaired) electrons. The Labute approximate surface area is 128 Å². The molecule has 2 rings (SSSR count). The number of nitrogens with zero attached hydrogens (tertiary/aromatic N) is 3. The molecule has 3 N–H and O–H groups in total. The highest BCUT2D eigenvalue weighted by Crippen LogP contribution is 2.24. The number of aromatic nitrogens is 3. The molecule has 1 aromatic carbocycles. The van der Waals surface area contributed by atoms with Crippen LogP contribution >= 0.6 is 11.6 Å². The maximum atomic E-state index is 12.0. The summed E-state index contributed by atoms with van der Waals surface area (Å²) in [6, 6.07) is 5.22. The topological polar surface area (TPSA) is 85.8 Å². The Bertz CT molecular complexity index is 599. The van der Waals surface area contributed by atoms with E-state index in [2.05, 4.69) is 15.4 Å². The van der Waals surface area contributed by atoms with Crippen molar-refractivity contribution < 1.29 is 4.79 Å².